The van der Waals surface area contributed by atoms with E-state index in [4.69, 9.17) is 4.74 Å². The minimum atomic E-state index is -0.880. The van der Waals surface area contributed by atoms with Crippen molar-refractivity contribution in [3.05, 3.63) is 48.0 Å². The van der Waals surface area contributed by atoms with Crippen LogP contribution in [0.15, 0.2) is 36.4 Å². The largest absolute Gasteiger partial charge is 0.481 e. The third-order valence-corrected chi connectivity index (χ3v) is 4.14. The molecule has 9 heteroatoms. The number of hydrogen-bond acceptors (Lipinski definition) is 5. The van der Waals surface area contributed by atoms with Crippen molar-refractivity contribution in [2.75, 3.05) is 17.2 Å². The van der Waals surface area contributed by atoms with E-state index in [-0.39, 0.29) is 11.7 Å². The summed E-state index contributed by atoms with van der Waals surface area (Å²) in [6, 6.07) is 7.89. The van der Waals surface area contributed by atoms with Crippen LogP contribution in [-0.4, -0.2) is 23.4 Å². The quantitative estimate of drug-likeness (QED) is 0.713. The van der Waals surface area contributed by atoms with Crippen LogP contribution in [0.3, 0.4) is 0 Å². The predicted octanol–water partition coefficient (Wildman–Crippen LogP) is 3.55. The third kappa shape index (κ3) is 4.31. The van der Waals surface area contributed by atoms with Gasteiger partial charge in [-0.25, -0.2) is 13.8 Å². The van der Waals surface area contributed by atoms with Gasteiger partial charge < -0.3 is 15.4 Å². The molecule has 0 fully saturated rings. The molecule has 1 aromatic heterocycles. The van der Waals surface area contributed by atoms with E-state index in [0.717, 1.165) is 16.8 Å². The van der Waals surface area contributed by atoms with E-state index >= 15 is 0 Å². The zero-order valence-electron chi connectivity index (χ0n) is 13.5. The SMILES string of the molecule is CC(=O)Nc1nc2ccc(NC(=O)COc3ccc(F)cc3F)cc2s1. The van der Waals surface area contributed by atoms with Crippen LogP contribution in [-0.2, 0) is 9.59 Å². The first-order valence-electron chi connectivity index (χ1n) is 7.46. The van der Waals surface area contributed by atoms with Crippen molar-refractivity contribution in [1.29, 1.82) is 0 Å². The van der Waals surface area contributed by atoms with Gasteiger partial charge in [0.15, 0.2) is 23.3 Å². The lowest BCUT2D eigenvalue weighted by molar-refractivity contribution is -0.118. The molecule has 0 unspecified atom stereocenters. The maximum atomic E-state index is 13.5. The van der Waals surface area contributed by atoms with Crippen molar-refractivity contribution in [2.24, 2.45) is 0 Å². The van der Waals surface area contributed by atoms with Gasteiger partial charge in [-0.2, -0.15) is 0 Å². The summed E-state index contributed by atoms with van der Waals surface area (Å²) in [7, 11) is 0. The van der Waals surface area contributed by atoms with Crippen LogP contribution >= 0.6 is 11.3 Å². The van der Waals surface area contributed by atoms with Gasteiger partial charge in [0.25, 0.3) is 5.91 Å². The number of halogens is 2. The summed E-state index contributed by atoms with van der Waals surface area (Å²) < 4.78 is 32.1. The Kier molecular flexibility index (Phi) is 5.08. The van der Waals surface area contributed by atoms with Crippen LogP contribution in [0.5, 0.6) is 5.75 Å². The highest BCUT2D eigenvalue weighted by atomic mass is 32.1. The normalized spacial score (nSPS) is 10.6. The first-order chi connectivity index (χ1) is 12.4. The Morgan fingerprint density at radius 3 is 2.69 bits per heavy atom. The second-order valence-electron chi connectivity index (χ2n) is 5.29. The molecular formula is C17H13F2N3O3S. The summed E-state index contributed by atoms with van der Waals surface area (Å²) in [5, 5.41) is 5.68. The van der Waals surface area contributed by atoms with Gasteiger partial charge in [-0.15, -0.1) is 0 Å². The van der Waals surface area contributed by atoms with Gasteiger partial charge in [-0.3, -0.25) is 9.59 Å². The number of rotatable bonds is 5. The molecular weight excluding hydrogens is 364 g/mol. The molecule has 26 heavy (non-hydrogen) atoms. The molecule has 0 aliphatic carbocycles. The highest BCUT2D eigenvalue weighted by Gasteiger charge is 2.10. The number of fused-ring (bicyclic) bond motifs is 1. The predicted molar refractivity (Wildman–Crippen MR) is 94.4 cm³/mol. The summed E-state index contributed by atoms with van der Waals surface area (Å²) in [5.74, 6) is -2.54. The van der Waals surface area contributed by atoms with Gasteiger partial charge in [0.1, 0.15) is 5.82 Å². The van der Waals surface area contributed by atoms with Crippen LogP contribution < -0.4 is 15.4 Å². The monoisotopic (exact) mass is 377 g/mol. The molecule has 3 rings (SSSR count). The Labute approximate surface area is 150 Å². The third-order valence-electron chi connectivity index (χ3n) is 3.21. The number of ether oxygens (including phenoxy) is 1. The lowest BCUT2D eigenvalue weighted by atomic mass is 10.3. The van der Waals surface area contributed by atoms with Crippen molar-refractivity contribution >= 4 is 44.2 Å². The Morgan fingerprint density at radius 1 is 1.15 bits per heavy atom. The molecule has 2 aromatic carbocycles. The van der Waals surface area contributed by atoms with Crippen molar-refractivity contribution in [2.45, 2.75) is 6.92 Å². The van der Waals surface area contributed by atoms with E-state index in [9.17, 15) is 18.4 Å². The van der Waals surface area contributed by atoms with Crippen molar-refractivity contribution in [3.63, 3.8) is 0 Å². The van der Waals surface area contributed by atoms with Crippen LogP contribution in [0.1, 0.15) is 6.92 Å². The number of thiazole rings is 1. The van der Waals surface area contributed by atoms with E-state index in [0.29, 0.717) is 22.4 Å². The number of benzene rings is 2. The zero-order chi connectivity index (χ0) is 18.7. The molecule has 6 nitrogen and oxygen atoms in total. The lowest BCUT2D eigenvalue weighted by Crippen LogP contribution is -2.20. The molecule has 3 aromatic rings. The van der Waals surface area contributed by atoms with Crippen LogP contribution in [0, 0.1) is 11.6 Å². The molecule has 0 aliphatic heterocycles. The first kappa shape index (κ1) is 17.7. The standard InChI is InChI=1S/C17H13F2N3O3S/c1-9(23)20-17-22-13-4-3-11(7-15(13)26-17)21-16(24)8-25-14-5-2-10(18)6-12(14)19/h2-7H,8H2,1H3,(H,21,24)(H,20,22,23). The van der Waals surface area contributed by atoms with E-state index in [1.165, 1.54) is 18.3 Å². The molecule has 2 N–H and O–H groups in total. The average molecular weight is 377 g/mol. The molecule has 134 valence electrons. The van der Waals surface area contributed by atoms with Crippen molar-refractivity contribution < 1.29 is 23.1 Å². The molecule has 0 spiro atoms. The van der Waals surface area contributed by atoms with Crippen molar-refractivity contribution in [3.8, 4) is 5.75 Å². The summed E-state index contributed by atoms with van der Waals surface area (Å²) in [4.78, 5) is 27.3. The smallest absolute Gasteiger partial charge is 0.262 e. The number of nitrogens with one attached hydrogen (secondary N) is 2. The van der Waals surface area contributed by atoms with E-state index < -0.39 is 24.1 Å². The van der Waals surface area contributed by atoms with Crippen LogP contribution in [0.2, 0.25) is 0 Å². The minimum absolute atomic E-state index is 0.209. The van der Waals surface area contributed by atoms with E-state index in [1.54, 1.807) is 18.2 Å². The fraction of sp³-hybridized carbons (Fsp3) is 0.118. The fourth-order valence-electron chi connectivity index (χ4n) is 2.14. The maximum Gasteiger partial charge on any atom is 0.262 e. The maximum absolute atomic E-state index is 13.5. The second kappa shape index (κ2) is 7.44. The number of nitrogens with zero attached hydrogens (tertiary/aromatic N) is 1. The highest BCUT2D eigenvalue weighted by Crippen LogP contribution is 2.28. The van der Waals surface area contributed by atoms with Crippen LogP contribution in [0.25, 0.3) is 10.2 Å². The van der Waals surface area contributed by atoms with E-state index in [1.807, 2.05) is 0 Å². The minimum Gasteiger partial charge on any atom is -0.481 e. The van der Waals surface area contributed by atoms with Crippen LogP contribution in [0.4, 0.5) is 19.6 Å². The number of carbonyl (C=O) groups excluding carboxylic acids is 2. The van der Waals surface area contributed by atoms with Gasteiger partial charge in [-0.1, -0.05) is 11.3 Å². The molecule has 0 saturated carbocycles. The molecule has 0 radical (unpaired) electrons. The number of hydrogen-bond donors (Lipinski definition) is 2. The Balaban J connectivity index is 1.64. The molecule has 1 heterocycles. The first-order valence-corrected chi connectivity index (χ1v) is 8.28. The van der Waals surface area contributed by atoms with Gasteiger partial charge in [0, 0.05) is 18.7 Å². The molecule has 0 aliphatic rings. The zero-order valence-corrected chi connectivity index (χ0v) is 14.3. The molecule has 0 atom stereocenters. The van der Waals surface area contributed by atoms with Crippen molar-refractivity contribution in [1.82, 2.24) is 4.98 Å². The highest BCUT2D eigenvalue weighted by molar-refractivity contribution is 7.22. The topological polar surface area (TPSA) is 80.3 Å². The van der Waals surface area contributed by atoms with Gasteiger partial charge >= 0.3 is 0 Å². The van der Waals surface area contributed by atoms with Gasteiger partial charge in [0.2, 0.25) is 5.91 Å². The Bertz CT molecular complexity index is 991. The number of aromatic nitrogens is 1. The van der Waals surface area contributed by atoms with Gasteiger partial charge in [-0.05, 0) is 30.3 Å². The van der Waals surface area contributed by atoms with E-state index in [2.05, 4.69) is 15.6 Å². The Morgan fingerprint density at radius 2 is 1.96 bits per heavy atom. The molecule has 2 amide bonds. The molecule has 0 bridgehead atoms. The summed E-state index contributed by atoms with van der Waals surface area (Å²) in [5.41, 5.74) is 1.19. The lowest BCUT2D eigenvalue weighted by Gasteiger charge is -2.08. The Hall–Kier alpha value is -3.07. The second-order valence-corrected chi connectivity index (χ2v) is 6.32. The molecule has 0 saturated heterocycles. The average Bonchev–Trinajstić information content (AvgIpc) is 2.94. The summed E-state index contributed by atoms with van der Waals surface area (Å²) >= 11 is 1.27. The number of carbonyl (C=O) groups is 2. The summed E-state index contributed by atoms with van der Waals surface area (Å²) in [6.07, 6.45) is 0. The summed E-state index contributed by atoms with van der Waals surface area (Å²) in [6.45, 7) is 0.960. The number of amides is 2. The number of anilines is 2. The van der Waals surface area contributed by atoms with Gasteiger partial charge in [0.05, 0.1) is 10.2 Å². The fourth-order valence-corrected chi connectivity index (χ4v) is 3.09.